The Balaban J connectivity index is 1.86. The Kier molecular flexibility index (Phi) is 3.84. The van der Waals surface area contributed by atoms with Crippen molar-refractivity contribution in [3.05, 3.63) is 6.33 Å². The number of fused-ring (bicyclic) bond motifs is 4. The molecule has 2 aliphatic rings. The van der Waals surface area contributed by atoms with Crippen molar-refractivity contribution in [2.24, 2.45) is 17.8 Å². The molecular formula is C14H23N3O2S. The van der Waals surface area contributed by atoms with Gasteiger partial charge in [-0.15, -0.1) is 5.10 Å². The van der Waals surface area contributed by atoms with E-state index in [0.29, 0.717) is 11.8 Å². The molecule has 0 radical (unpaired) electrons. The second kappa shape index (κ2) is 5.47. The first-order chi connectivity index (χ1) is 9.58. The number of aromatic nitrogens is 3. The molecule has 1 aromatic rings. The van der Waals surface area contributed by atoms with Gasteiger partial charge in [-0.05, 0) is 37.0 Å². The van der Waals surface area contributed by atoms with Gasteiger partial charge in [0.05, 0.1) is 5.75 Å². The van der Waals surface area contributed by atoms with E-state index in [1.165, 1.54) is 19.3 Å². The minimum Gasteiger partial charge on any atom is -0.252 e. The highest BCUT2D eigenvalue weighted by molar-refractivity contribution is 7.91. The molecule has 0 N–H and O–H groups in total. The second-order valence-electron chi connectivity index (χ2n) is 6.33. The number of aryl methyl sites for hydroxylation is 1. The van der Waals surface area contributed by atoms with Gasteiger partial charge in [0, 0.05) is 6.54 Å². The van der Waals surface area contributed by atoms with Gasteiger partial charge >= 0.3 is 0 Å². The maximum absolute atomic E-state index is 12.4. The van der Waals surface area contributed by atoms with E-state index < -0.39 is 9.84 Å². The molecule has 1 aliphatic heterocycles. The van der Waals surface area contributed by atoms with Gasteiger partial charge in [0.2, 0.25) is 9.84 Å². The van der Waals surface area contributed by atoms with E-state index in [9.17, 15) is 8.42 Å². The molecule has 2 heterocycles. The van der Waals surface area contributed by atoms with Crippen molar-refractivity contribution < 1.29 is 8.42 Å². The van der Waals surface area contributed by atoms with Crippen molar-refractivity contribution in [1.82, 2.24) is 14.8 Å². The lowest BCUT2D eigenvalue weighted by molar-refractivity contribution is 0.339. The van der Waals surface area contributed by atoms with Gasteiger partial charge < -0.3 is 0 Å². The summed E-state index contributed by atoms with van der Waals surface area (Å²) in [5.41, 5.74) is 0. The van der Waals surface area contributed by atoms with Gasteiger partial charge in [0.15, 0.2) is 0 Å². The third kappa shape index (κ3) is 2.75. The number of hydrogen-bond acceptors (Lipinski definition) is 4. The van der Waals surface area contributed by atoms with Crippen LogP contribution in [-0.4, -0.2) is 28.9 Å². The lowest BCUT2D eigenvalue weighted by Crippen LogP contribution is -2.16. The molecule has 3 atom stereocenters. The fourth-order valence-electron chi connectivity index (χ4n) is 3.92. The van der Waals surface area contributed by atoms with Gasteiger partial charge in [0.25, 0.3) is 5.16 Å². The molecule has 5 nitrogen and oxygen atoms in total. The van der Waals surface area contributed by atoms with Crippen LogP contribution in [0.1, 0.15) is 45.4 Å². The number of rotatable bonds is 1. The van der Waals surface area contributed by atoms with E-state index in [-0.39, 0.29) is 10.9 Å². The summed E-state index contributed by atoms with van der Waals surface area (Å²) in [5, 5.41) is 4.16. The fourth-order valence-corrected chi connectivity index (χ4v) is 5.40. The molecule has 1 fully saturated rings. The zero-order valence-corrected chi connectivity index (χ0v) is 12.8. The first kappa shape index (κ1) is 14.0. The van der Waals surface area contributed by atoms with E-state index in [1.54, 1.807) is 11.0 Å². The van der Waals surface area contributed by atoms with Crippen LogP contribution in [0.3, 0.4) is 0 Å². The zero-order chi connectivity index (χ0) is 14.2. The van der Waals surface area contributed by atoms with Crippen molar-refractivity contribution in [2.75, 3.05) is 5.75 Å². The number of sulfone groups is 1. The predicted octanol–water partition coefficient (Wildman–Crippen LogP) is 2.29. The van der Waals surface area contributed by atoms with Crippen LogP contribution in [0.25, 0.3) is 0 Å². The molecule has 0 aromatic carbocycles. The molecular weight excluding hydrogens is 274 g/mol. The van der Waals surface area contributed by atoms with Crippen molar-refractivity contribution in [2.45, 2.75) is 57.1 Å². The van der Waals surface area contributed by atoms with E-state index in [2.05, 4.69) is 17.0 Å². The van der Waals surface area contributed by atoms with Crippen LogP contribution < -0.4 is 0 Å². The minimum absolute atomic E-state index is 0.0228. The minimum atomic E-state index is -3.32. The molecule has 0 amide bonds. The molecule has 0 spiro atoms. The Hall–Kier alpha value is -0.910. The van der Waals surface area contributed by atoms with Crippen molar-refractivity contribution in [1.29, 1.82) is 0 Å². The highest BCUT2D eigenvalue weighted by Gasteiger charge is 2.36. The van der Waals surface area contributed by atoms with Gasteiger partial charge in [-0.2, -0.15) is 0 Å². The maximum atomic E-state index is 12.4. The molecule has 1 aromatic heterocycles. The van der Waals surface area contributed by atoms with Crippen LogP contribution >= 0.6 is 0 Å². The third-order valence-electron chi connectivity index (χ3n) is 4.92. The van der Waals surface area contributed by atoms with E-state index in [4.69, 9.17) is 0 Å². The van der Waals surface area contributed by atoms with Crippen LogP contribution in [0.5, 0.6) is 0 Å². The monoisotopic (exact) mass is 297 g/mol. The van der Waals surface area contributed by atoms with Crippen LogP contribution in [0.2, 0.25) is 0 Å². The Bertz CT molecular complexity index is 567. The largest absolute Gasteiger partial charge is 0.266 e. The van der Waals surface area contributed by atoms with E-state index in [0.717, 1.165) is 31.7 Å². The molecule has 1 aliphatic carbocycles. The topological polar surface area (TPSA) is 64.8 Å². The Morgan fingerprint density at radius 3 is 3.00 bits per heavy atom. The summed E-state index contributed by atoms with van der Waals surface area (Å²) >= 11 is 0. The van der Waals surface area contributed by atoms with E-state index in [1.807, 2.05) is 0 Å². The first-order valence-corrected chi connectivity index (χ1v) is 9.36. The fraction of sp³-hybridized carbons (Fsp3) is 0.857. The molecule has 112 valence electrons. The Morgan fingerprint density at radius 2 is 2.20 bits per heavy atom. The quantitative estimate of drug-likeness (QED) is 0.797. The summed E-state index contributed by atoms with van der Waals surface area (Å²) < 4.78 is 26.4. The summed E-state index contributed by atoms with van der Waals surface area (Å²) in [6.07, 6.45) is 8.34. The van der Waals surface area contributed by atoms with Crippen molar-refractivity contribution in [3.63, 3.8) is 0 Å². The summed E-state index contributed by atoms with van der Waals surface area (Å²) in [5.74, 6) is 1.94. The van der Waals surface area contributed by atoms with Crippen LogP contribution in [0.15, 0.2) is 11.5 Å². The van der Waals surface area contributed by atoms with Crippen LogP contribution in [-0.2, 0) is 16.4 Å². The number of hydrogen-bond donors (Lipinski definition) is 0. The van der Waals surface area contributed by atoms with Gasteiger partial charge in [-0.3, -0.25) is 4.68 Å². The maximum Gasteiger partial charge on any atom is 0.266 e. The Labute approximate surface area is 120 Å². The van der Waals surface area contributed by atoms with Crippen LogP contribution in [0.4, 0.5) is 0 Å². The molecule has 0 saturated heterocycles. The standard InChI is InChI=1S/C14H23N3O2S/c1-2-12-7-11-8-13(12)5-3-4-6-17-10-15-14(16-17)20(18,19)9-11/h10-13H,2-9H2,1H3. The normalized spacial score (nSPS) is 33.4. The summed E-state index contributed by atoms with van der Waals surface area (Å²) in [6.45, 7) is 3.00. The highest BCUT2D eigenvalue weighted by atomic mass is 32.2. The van der Waals surface area contributed by atoms with Crippen LogP contribution in [0, 0.1) is 17.8 Å². The molecule has 3 unspecified atom stereocenters. The zero-order valence-electron chi connectivity index (χ0n) is 12.0. The summed E-state index contributed by atoms with van der Waals surface area (Å²) in [4.78, 5) is 4.00. The molecule has 3 rings (SSSR count). The van der Waals surface area contributed by atoms with Gasteiger partial charge in [-0.1, -0.05) is 26.2 Å². The van der Waals surface area contributed by atoms with Crippen molar-refractivity contribution >= 4 is 9.84 Å². The van der Waals surface area contributed by atoms with E-state index >= 15 is 0 Å². The molecule has 4 bridgehead atoms. The lowest BCUT2D eigenvalue weighted by atomic mass is 9.89. The molecule has 1 saturated carbocycles. The summed E-state index contributed by atoms with van der Waals surface area (Å²) in [6, 6.07) is 0. The average molecular weight is 297 g/mol. The smallest absolute Gasteiger partial charge is 0.252 e. The molecule has 6 heteroatoms. The first-order valence-electron chi connectivity index (χ1n) is 7.70. The average Bonchev–Trinajstić information content (AvgIpc) is 3.00. The number of nitrogens with zero attached hydrogens (tertiary/aromatic N) is 3. The third-order valence-corrected chi connectivity index (χ3v) is 6.58. The summed E-state index contributed by atoms with van der Waals surface area (Å²) in [7, 11) is -3.32. The van der Waals surface area contributed by atoms with Gasteiger partial charge in [-0.25, -0.2) is 13.4 Å². The highest BCUT2D eigenvalue weighted by Crippen LogP contribution is 2.42. The second-order valence-corrected chi connectivity index (χ2v) is 8.26. The lowest BCUT2D eigenvalue weighted by Gasteiger charge is -2.17. The van der Waals surface area contributed by atoms with Gasteiger partial charge in [0.1, 0.15) is 6.33 Å². The SMILES string of the molecule is CCC1CC2CC1CCCCn1cnc(n1)S(=O)(=O)C2. The predicted molar refractivity (Wildman–Crippen MR) is 75.9 cm³/mol. The Morgan fingerprint density at radius 1 is 1.35 bits per heavy atom. The molecule has 20 heavy (non-hydrogen) atoms. The van der Waals surface area contributed by atoms with Crippen molar-refractivity contribution in [3.8, 4) is 0 Å².